The molecular weight excluding hydrogens is 392 g/mol. The lowest BCUT2D eigenvalue weighted by Crippen LogP contribution is -2.15. The SMILES string of the molecule is CCOCC1CCC(=C(c2ccc(OCOC)cc2)c2ccc(OCOC)cc2)CC1. The van der Waals surface area contributed by atoms with Gasteiger partial charge < -0.3 is 23.7 Å². The van der Waals surface area contributed by atoms with Gasteiger partial charge in [-0.2, -0.15) is 0 Å². The molecule has 0 bridgehead atoms. The molecule has 2 aromatic carbocycles. The minimum absolute atomic E-state index is 0.247. The lowest BCUT2D eigenvalue weighted by molar-refractivity contribution is 0.0509. The Hall–Kier alpha value is -2.34. The van der Waals surface area contributed by atoms with E-state index < -0.39 is 0 Å². The van der Waals surface area contributed by atoms with E-state index in [0.717, 1.165) is 37.6 Å². The van der Waals surface area contributed by atoms with E-state index in [-0.39, 0.29) is 13.6 Å². The summed E-state index contributed by atoms with van der Waals surface area (Å²) in [5.74, 6) is 2.26. The molecule has 0 spiro atoms. The zero-order valence-electron chi connectivity index (χ0n) is 18.9. The van der Waals surface area contributed by atoms with Gasteiger partial charge in [-0.25, -0.2) is 0 Å². The fourth-order valence-electron chi connectivity index (χ4n) is 3.99. The van der Waals surface area contributed by atoms with Crippen LogP contribution >= 0.6 is 0 Å². The fraction of sp³-hybridized carbons (Fsp3) is 0.462. The molecule has 0 heterocycles. The zero-order chi connectivity index (χ0) is 21.9. The Morgan fingerprint density at radius 3 is 1.68 bits per heavy atom. The Labute approximate surface area is 185 Å². The highest BCUT2D eigenvalue weighted by Crippen LogP contribution is 2.38. The molecule has 0 saturated heterocycles. The van der Waals surface area contributed by atoms with Crippen LogP contribution in [-0.2, 0) is 14.2 Å². The molecule has 0 amide bonds. The summed E-state index contributed by atoms with van der Waals surface area (Å²) in [5.41, 5.74) is 5.22. The van der Waals surface area contributed by atoms with Crippen molar-refractivity contribution in [3.8, 4) is 11.5 Å². The second kappa shape index (κ2) is 12.5. The summed E-state index contributed by atoms with van der Waals surface area (Å²) in [5, 5.41) is 0. The van der Waals surface area contributed by atoms with E-state index in [0.29, 0.717) is 5.92 Å². The average Bonchev–Trinajstić information content (AvgIpc) is 2.82. The molecule has 0 unspecified atom stereocenters. The molecule has 2 aromatic rings. The van der Waals surface area contributed by atoms with Crippen LogP contribution in [0, 0.1) is 5.92 Å². The van der Waals surface area contributed by atoms with Crippen molar-refractivity contribution in [2.75, 3.05) is 41.0 Å². The van der Waals surface area contributed by atoms with Gasteiger partial charge in [0, 0.05) is 27.4 Å². The predicted octanol–water partition coefficient (Wildman–Crippen LogP) is 5.68. The molecule has 0 N–H and O–H groups in total. The van der Waals surface area contributed by atoms with Crippen molar-refractivity contribution in [1.82, 2.24) is 0 Å². The fourth-order valence-corrected chi connectivity index (χ4v) is 3.99. The molecule has 0 radical (unpaired) electrons. The molecule has 1 fully saturated rings. The van der Waals surface area contributed by atoms with Crippen molar-refractivity contribution in [3.05, 3.63) is 65.2 Å². The van der Waals surface area contributed by atoms with Crippen molar-refractivity contribution in [2.45, 2.75) is 32.6 Å². The van der Waals surface area contributed by atoms with Crippen LogP contribution in [0.5, 0.6) is 11.5 Å². The van der Waals surface area contributed by atoms with Crippen molar-refractivity contribution in [2.24, 2.45) is 5.92 Å². The molecule has 1 saturated carbocycles. The third-order valence-corrected chi connectivity index (χ3v) is 5.59. The van der Waals surface area contributed by atoms with Crippen LogP contribution in [0.4, 0.5) is 0 Å². The normalized spacial score (nSPS) is 16.2. The largest absolute Gasteiger partial charge is 0.468 e. The van der Waals surface area contributed by atoms with E-state index in [1.807, 2.05) is 24.3 Å². The summed E-state index contributed by atoms with van der Waals surface area (Å²) < 4.78 is 26.8. The predicted molar refractivity (Wildman–Crippen MR) is 122 cm³/mol. The summed E-state index contributed by atoms with van der Waals surface area (Å²) in [6, 6.07) is 16.6. The van der Waals surface area contributed by atoms with Crippen molar-refractivity contribution in [1.29, 1.82) is 0 Å². The van der Waals surface area contributed by atoms with Crippen LogP contribution in [0.2, 0.25) is 0 Å². The highest BCUT2D eigenvalue weighted by atomic mass is 16.7. The smallest absolute Gasteiger partial charge is 0.188 e. The molecular formula is C26H34O5. The lowest BCUT2D eigenvalue weighted by atomic mass is 9.81. The van der Waals surface area contributed by atoms with E-state index in [2.05, 4.69) is 31.2 Å². The Morgan fingerprint density at radius 1 is 0.774 bits per heavy atom. The molecule has 0 aliphatic heterocycles. The van der Waals surface area contributed by atoms with Crippen LogP contribution in [0.3, 0.4) is 0 Å². The number of hydrogen-bond acceptors (Lipinski definition) is 5. The van der Waals surface area contributed by atoms with Crippen LogP contribution in [0.15, 0.2) is 54.1 Å². The third-order valence-electron chi connectivity index (χ3n) is 5.59. The van der Waals surface area contributed by atoms with E-state index in [4.69, 9.17) is 23.7 Å². The van der Waals surface area contributed by atoms with E-state index in [9.17, 15) is 0 Å². The second-order valence-corrected chi connectivity index (χ2v) is 7.73. The van der Waals surface area contributed by atoms with E-state index >= 15 is 0 Å². The number of methoxy groups -OCH3 is 2. The summed E-state index contributed by atoms with van der Waals surface area (Å²) in [7, 11) is 3.25. The lowest BCUT2D eigenvalue weighted by Gasteiger charge is -2.26. The zero-order valence-corrected chi connectivity index (χ0v) is 18.9. The first kappa shape index (κ1) is 23.3. The summed E-state index contributed by atoms with van der Waals surface area (Å²) in [4.78, 5) is 0. The Bertz CT molecular complexity index is 747. The van der Waals surface area contributed by atoms with Gasteiger partial charge in [-0.15, -0.1) is 0 Å². The van der Waals surface area contributed by atoms with Gasteiger partial charge in [0.1, 0.15) is 11.5 Å². The van der Waals surface area contributed by atoms with Crippen LogP contribution in [0.25, 0.3) is 5.57 Å². The van der Waals surface area contributed by atoms with Gasteiger partial charge in [0.25, 0.3) is 0 Å². The first-order chi connectivity index (χ1) is 15.2. The summed E-state index contributed by atoms with van der Waals surface area (Å²) in [6.45, 7) is 4.22. The topological polar surface area (TPSA) is 46.2 Å². The molecule has 3 rings (SSSR count). The molecule has 168 valence electrons. The molecule has 5 heteroatoms. The summed E-state index contributed by atoms with van der Waals surface area (Å²) >= 11 is 0. The van der Waals surface area contributed by atoms with Crippen LogP contribution in [-0.4, -0.2) is 41.0 Å². The number of rotatable bonds is 11. The number of benzene rings is 2. The number of ether oxygens (including phenoxy) is 5. The summed E-state index contributed by atoms with van der Waals surface area (Å²) in [6.07, 6.45) is 4.53. The first-order valence-corrected chi connectivity index (χ1v) is 11.0. The van der Waals surface area contributed by atoms with E-state index in [1.54, 1.807) is 14.2 Å². The van der Waals surface area contributed by atoms with Gasteiger partial charge in [-0.3, -0.25) is 0 Å². The quantitative estimate of drug-likeness (QED) is 0.433. The standard InChI is InChI=1S/C26H34O5/c1-4-29-17-20-5-7-21(8-6-20)26(22-9-13-24(14-10-22)30-18-27-2)23-11-15-25(16-12-23)31-19-28-3/h9-16,20H,4-8,17-19H2,1-3H3. The average molecular weight is 427 g/mol. The van der Waals surface area contributed by atoms with Gasteiger partial charge in [0.2, 0.25) is 0 Å². The van der Waals surface area contributed by atoms with Gasteiger partial charge in [0.05, 0.1) is 0 Å². The van der Waals surface area contributed by atoms with Crippen LogP contribution < -0.4 is 9.47 Å². The van der Waals surface area contributed by atoms with Crippen molar-refractivity contribution >= 4 is 5.57 Å². The van der Waals surface area contributed by atoms with Gasteiger partial charge in [-0.1, -0.05) is 29.8 Å². The van der Waals surface area contributed by atoms with Crippen molar-refractivity contribution in [3.63, 3.8) is 0 Å². The van der Waals surface area contributed by atoms with Crippen molar-refractivity contribution < 1.29 is 23.7 Å². The monoisotopic (exact) mass is 426 g/mol. The minimum Gasteiger partial charge on any atom is -0.468 e. The molecule has 0 atom stereocenters. The molecule has 31 heavy (non-hydrogen) atoms. The van der Waals surface area contributed by atoms with Gasteiger partial charge in [-0.05, 0) is 79.5 Å². The number of hydrogen-bond donors (Lipinski definition) is 0. The Balaban J connectivity index is 1.86. The highest BCUT2D eigenvalue weighted by molar-refractivity contribution is 5.82. The van der Waals surface area contributed by atoms with Crippen LogP contribution in [0.1, 0.15) is 43.7 Å². The Morgan fingerprint density at radius 2 is 1.26 bits per heavy atom. The van der Waals surface area contributed by atoms with Gasteiger partial charge in [0.15, 0.2) is 13.6 Å². The highest BCUT2D eigenvalue weighted by Gasteiger charge is 2.21. The molecule has 1 aliphatic rings. The number of allylic oxidation sites excluding steroid dienone is 1. The maximum atomic E-state index is 5.66. The molecule has 1 aliphatic carbocycles. The molecule has 0 aromatic heterocycles. The maximum Gasteiger partial charge on any atom is 0.188 e. The maximum absolute atomic E-state index is 5.66. The minimum atomic E-state index is 0.247. The second-order valence-electron chi connectivity index (χ2n) is 7.73. The Kier molecular flexibility index (Phi) is 9.40. The third kappa shape index (κ3) is 6.82. The molecule has 5 nitrogen and oxygen atoms in total. The van der Waals surface area contributed by atoms with Gasteiger partial charge >= 0.3 is 0 Å². The first-order valence-electron chi connectivity index (χ1n) is 11.0. The van der Waals surface area contributed by atoms with E-state index in [1.165, 1.54) is 35.1 Å².